The third-order valence-corrected chi connectivity index (χ3v) is 4.04. The Kier molecular flexibility index (Phi) is 4.83. The highest BCUT2D eigenvalue weighted by Gasteiger charge is 2.31. The molecule has 2 amide bonds. The summed E-state index contributed by atoms with van der Waals surface area (Å²) in [5, 5.41) is 12.1. The number of nitrogens with one attached hydrogen (secondary N) is 1. The number of rotatable bonds is 3. The van der Waals surface area contributed by atoms with Gasteiger partial charge in [0, 0.05) is 25.8 Å². The van der Waals surface area contributed by atoms with Crippen molar-refractivity contribution in [3.05, 3.63) is 0 Å². The van der Waals surface area contributed by atoms with Crippen LogP contribution in [0.25, 0.3) is 0 Å². The maximum Gasteiger partial charge on any atom is 0.317 e. The number of carbonyl (C=O) groups is 1. The van der Waals surface area contributed by atoms with Crippen LogP contribution in [-0.2, 0) is 4.74 Å². The largest absolute Gasteiger partial charge is 0.396 e. The fraction of sp³-hybridized carbons (Fsp3) is 0.923. The molecular formula is C13H24N2O3. The van der Waals surface area contributed by atoms with Crippen molar-refractivity contribution < 1.29 is 14.6 Å². The molecule has 0 spiro atoms. The molecule has 0 aliphatic carbocycles. The van der Waals surface area contributed by atoms with Crippen molar-refractivity contribution in [2.24, 2.45) is 0 Å². The summed E-state index contributed by atoms with van der Waals surface area (Å²) in [5.41, 5.74) is 0. The van der Waals surface area contributed by atoms with Crippen LogP contribution in [0.2, 0.25) is 0 Å². The second-order valence-electron chi connectivity index (χ2n) is 5.28. The number of hydrogen-bond donors (Lipinski definition) is 2. The van der Waals surface area contributed by atoms with Gasteiger partial charge in [-0.15, -0.1) is 0 Å². The summed E-state index contributed by atoms with van der Waals surface area (Å²) >= 11 is 0. The summed E-state index contributed by atoms with van der Waals surface area (Å²) in [4.78, 5) is 14.2. The molecule has 2 fully saturated rings. The molecule has 2 saturated heterocycles. The average molecular weight is 256 g/mol. The highest BCUT2D eigenvalue weighted by atomic mass is 16.5. The molecule has 0 aromatic heterocycles. The first-order chi connectivity index (χ1) is 8.72. The Morgan fingerprint density at radius 2 is 2.28 bits per heavy atom. The highest BCUT2D eigenvalue weighted by Crippen LogP contribution is 2.20. The summed E-state index contributed by atoms with van der Waals surface area (Å²) in [6.45, 7) is 3.68. The second-order valence-corrected chi connectivity index (χ2v) is 5.28. The number of urea groups is 1. The maximum absolute atomic E-state index is 12.3. The van der Waals surface area contributed by atoms with Gasteiger partial charge in [0.05, 0.1) is 12.1 Å². The zero-order chi connectivity index (χ0) is 13.0. The van der Waals surface area contributed by atoms with Crippen molar-refractivity contribution in [1.29, 1.82) is 0 Å². The number of aliphatic hydroxyl groups is 1. The maximum atomic E-state index is 12.3. The predicted octanol–water partition coefficient (Wildman–Crippen LogP) is 1.11. The fourth-order valence-corrected chi connectivity index (χ4v) is 2.88. The average Bonchev–Trinajstić information content (AvgIpc) is 2.76. The summed E-state index contributed by atoms with van der Waals surface area (Å²) in [6, 6.07) is 0.339. The van der Waals surface area contributed by atoms with E-state index >= 15 is 0 Å². The summed E-state index contributed by atoms with van der Waals surface area (Å²) in [6.07, 6.45) is 4.90. The number of ether oxygens (including phenoxy) is 1. The molecule has 18 heavy (non-hydrogen) atoms. The number of amides is 2. The van der Waals surface area contributed by atoms with E-state index in [-0.39, 0.29) is 30.8 Å². The molecule has 2 heterocycles. The number of nitrogens with zero attached hydrogens (tertiary/aromatic N) is 1. The summed E-state index contributed by atoms with van der Waals surface area (Å²) in [7, 11) is 0. The van der Waals surface area contributed by atoms with E-state index < -0.39 is 0 Å². The van der Waals surface area contributed by atoms with Crippen molar-refractivity contribution >= 4 is 6.03 Å². The molecule has 0 saturated carbocycles. The van der Waals surface area contributed by atoms with Gasteiger partial charge in [-0.3, -0.25) is 0 Å². The van der Waals surface area contributed by atoms with Gasteiger partial charge in [0.1, 0.15) is 0 Å². The topological polar surface area (TPSA) is 61.8 Å². The Labute approximate surface area is 108 Å². The third kappa shape index (κ3) is 3.14. The van der Waals surface area contributed by atoms with Crippen molar-refractivity contribution in [2.45, 2.75) is 57.2 Å². The van der Waals surface area contributed by atoms with Gasteiger partial charge in [-0.1, -0.05) is 0 Å². The number of piperidine rings is 1. The SMILES string of the molecule is C[C@@H]1OCC[C@@H]1NC(=O)N1CCCC[C@H]1CCO. The van der Waals surface area contributed by atoms with Crippen LogP contribution in [0.3, 0.4) is 0 Å². The molecule has 2 aliphatic rings. The molecule has 2 aliphatic heterocycles. The lowest BCUT2D eigenvalue weighted by molar-refractivity contribution is 0.104. The Balaban J connectivity index is 1.89. The molecule has 5 heteroatoms. The van der Waals surface area contributed by atoms with Gasteiger partial charge in [-0.2, -0.15) is 0 Å². The van der Waals surface area contributed by atoms with Crippen LogP contribution in [0.4, 0.5) is 4.79 Å². The van der Waals surface area contributed by atoms with E-state index in [0.29, 0.717) is 6.42 Å². The zero-order valence-corrected chi connectivity index (χ0v) is 11.1. The van der Waals surface area contributed by atoms with Crippen LogP contribution >= 0.6 is 0 Å². The molecular weight excluding hydrogens is 232 g/mol. The molecule has 0 aromatic carbocycles. The molecule has 2 rings (SSSR count). The second kappa shape index (κ2) is 6.38. The zero-order valence-electron chi connectivity index (χ0n) is 11.1. The Bertz CT molecular complexity index is 283. The van der Waals surface area contributed by atoms with Crippen LogP contribution in [-0.4, -0.2) is 54.0 Å². The van der Waals surface area contributed by atoms with Gasteiger partial charge in [0.2, 0.25) is 0 Å². The van der Waals surface area contributed by atoms with Gasteiger partial charge in [0.15, 0.2) is 0 Å². The Morgan fingerprint density at radius 1 is 1.44 bits per heavy atom. The van der Waals surface area contributed by atoms with E-state index in [2.05, 4.69) is 5.32 Å². The molecule has 0 radical (unpaired) electrons. The molecule has 104 valence electrons. The van der Waals surface area contributed by atoms with Gasteiger partial charge in [-0.05, 0) is 39.0 Å². The lowest BCUT2D eigenvalue weighted by Crippen LogP contribution is -2.52. The van der Waals surface area contributed by atoms with Crippen LogP contribution in [0.1, 0.15) is 39.0 Å². The van der Waals surface area contributed by atoms with E-state index in [1.807, 2.05) is 11.8 Å². The first-order valence-electron chi connectivity index (χ1n) is 7.02. The van der Waals surface area contributed by atoms with E-state index in [0.717, 1.165) is 38.8 Å². The first-order valence-corrected chi connectivity index (χ1v) is 7.02. The Morgan fingerprint density at radius 3 is 2.94 bits per heavy atom. The monoisotopic (exact) mass is 256 g/mol. The normalized spacial score (nSPS) is 32.6. The lowest BCUT2D eigenvalue weighted by Gasteiger charge is -2.36. The number of carbonyl (C=O) groups excluding carboxylic acids is 1. The standard InChI is InChI=1S/C13H24N2O3/c1-10-12(6-9-18-10)14-13(17)15-7-3-2-4-11(15)5-8-16/h10-12,16H,2-9H2,1H3,(H,14,17)/t10-,11-,12-/m0/s1. The van der Waals surface area contributed by atoms with Gasteiger partial charge in [0.25, 0.3) is 0 Å². The number of hydrogen-bond acceptors (Lipinski definition) is 3. The van der Waals surface area contributed by atoms with E-state index in [1.165, 1.54) is 0 Å². The van der Waals surface area contributed by atoms with Gasteiger partial charge >= 0.3 is 6.03 Å². The Hall–Kier alpha value is -0.810. The van der Waals surface area contributed by atoms with E-state index in [1.54, 1.807) is 0 Å². The van der Waals surface area contributed by atoms with Crippen molar-refractivity contribution in [3.63, 3.8) is 0 Å². The molecule has 0 bridgehead atoms. The minimum absolute atomic E-state index is 0.00972. The quantitative estimate of drug-likeness (QED) is 0.795. The molecule has 0 unspecified atom stereocenters. The fourth-order valence-electron chi connectivity index (χ4n) is 2.88. The van der Waals surface area contributed by atoms with Crippen molar-refractivity contribution in [1.82, 2.24) is 10.2 Å². The highest BCUT2D eigenvalue weighted by molar-refractivity contribution is 5.75. The van der Waals surface area contributed by atoms with Gasteiger partial charge < -0.3 is 20.1 Å². The van der Waals surface area contributed by atoms with Crippen LogP contribution in [0, 0.1) is 0 Å². The minimum Gasteiger partial charge on any atom is -0.396 e. The van der Waals surface area contributed by atoms with Crippen LogP contribution in [0.5, 0.6) is 0 Å². The van der Waals surface area contributed by atoms with E-state index in [9.17, 15) is 4.79 Å². The molecule has 5 nitrogen and oxygen atoms in total. The predicted molar refractivity (Wildman–Crippen MR) is 68.4 cm³/mol. The molecule has 0 aromatic rings. The van der Waals surface area contributed by atoms with Crippen LogP contribution in [0.15, 0.2) is 0 Å². The number of likely N-dealkylation sites (tertiary alicyclic amines) is 1. The molecule has 2 N–H and O–H groups in total. The smallest absolute Gasteiger partial charge is 0.317 e. The van der Waals surface area contributed by atoms with Crippen LogP contribution < -0.4 is 5.32 Å². The van der Waals surface area contributed by atoms with Gasteiger partial charge in [-0.25, -0.2) is 4.79 Å². The van der Waals surface area contributed by atoms with Crippen molar-refractivity contribution in [2.75, 3.05) is 19.8 Å². The molecule has 3 atom stereocenters. The minimum atomic E-state index is 0.00972. The van der Waals surface area contributed by atoms with E-state index in [4.69, 9.17) is 9.84 Å². The number of aliphatic hydroxyl groups excluding tert-OH is 1. The summed E-state index contributed by atoms with van der Waals surface area (Å²) < 4.78 is 5.45. The lowest BCUT2D eigenvalue weighted by atomic mass is 10.00. The van der Waals surface area contributed by atoms with Crippen molar-refractivity contribution in [3.8, 4) is 0 Å². The summed E-state index contributed by atoms with van der Waals surface area (Å²) in [5.74, 6) is 0. The first kappa shape index (κ1) is 13.6. The third-order valence-electron chi connectivity index (χ3n) is 4.04.